The van der Waals surface area contributed by atoms with E-state index in [1.807, 2.05) is 17.9 Å². The molecule has 0 aliphatic carbocycles. The highest BCUT2D eigenvalue weighted by Gasteiger charge is 2.40. The molecule has 1 aromatic heterocycles. The van der Waals surface area contributed by atoms with Crippen molar-refractivity contribution in [1.82, 2.24) is 15.1 Å². The van der Waals surface area contributed by atoms with Crippen molar-refractivity contribution in [3.8, 4) is 0 Å². The number of aryl methyl sites for hydroxylation is 2. The quantitative estimate of drug-likeness (QED) is 0.768. The molecule has 2 heterocycles. The Kier molecular flexibility index (Phi) is 4.99. The number of hydrogen-bond acceptors (Lipinski definition) is 3. The highest BCUT2D eigenvalue weighted by molar-refractivity contribution is 5.05. The maximum absolute atomic E-state index is 5.83. The first-order valence-electron chi connectivity index (χ1n) is 7.46. The molecule has 4 nitrogen and oxygen atoms in total. The van der Waals surface area contributed by atoms with E-state index in [4.69, 9.17) is 4.74 Å². The fourth-order valence-corrected chi connectivity index (χ4v) is 2.98. The Labute approximate surface area is 116 Å². The summed E-state index contributed by atoms with van der Waals surface area (Å²) in [6.45, 7) is 7.51. The second-order valence-corrected chi connectivity index (χ2v) is 5.82. The van der Waals surface area contributed by atoms with Crippen LogP contribution in [0.25, 0.3) is 0 Å². The number of hydrogen-bond donors (Lipinski definition) is 1. The summed E-state index contributed by atoms with van der Waals surface area (Å²) < 4.78 is 7.71. The van der Waals surface area contributed by atoms with E-state index in [9.17, 15) is 0 Å². The number of ether oxygens (including phenoxy) is 1. The Morgan fingerprint density at radius 1 is 1.58 bits per heavy atom. The van der Waals surface area contributed by atoms with Crippen LogP contribution in [-0.2, 0) is 18.2 Å². The zero-order chi connectivity index (χ0) is 13.7. The zero-order valence-electron chi connectivity index (χ0n) is 12.5. The highest BCUT2D eigenvalue weighted by atomic mass is 16.5. The van der Waals surface area contributed by atoms with Gasteiger partial charge in [0.1, 0.15) is 0 Å². The van der Waals surface area contributed by atoms with Crippen molar-refractivity contribution in [3.63, 3.8) is 0 Å². The summed E-state index contributed by atoms with van der Waals surface area (Å²) in [7, 11) is 1.98. The molecule has 0 aromatic carbocycles. The van der Waals surface area contributed by atoms with Gasteiger partial charge in [0.25, 0.3) is 0 Å². The van der Waals surface area contributed by atoms with Gasteiger partial charge in [0.2, 0.25) is 0 Å². The Morgan fingerprint density at radius 2 is 2.42 bits per heavy atom. The fourth-order valence-electron chi connectivity index (χ4n) is 2.98. The van der Waals surface area contributed by atoms with E-state index in [0.717, 1.165) is 26.1 Å². The Hall–Kier alpha value is -0.870. The Morgan fingerprint density at radius 3 is 3.00 bits per heavy atom. The highest BCUT2D eigenvalue weighted by Crippen LogP contribution is 2.38. The van der Waals surface area contributed by atoms with Gasteiger partial charge in [0.05, 0.1) is 12.3 Å². The predicted molar refractivity (Wildman–Crippen MR) is 77.2 cm³/mol. The lowest BCUT2D eigenvalue weighted by Crippen LogP contribution is -2.40. The van der Waals surface area contributed by atoms with Crippen LogP contribution in [0.15, 0.2) is 12.4 Å². The van der Waals surface area contributed by atoms with Crippen LogP contribution in [0.3, 0.4) is 0 Å². The van der Waals surface area contributed by atoms with E-state index in [-0.39, 0.29) is 0 Å². The van der Waals surface area contributed by atoms with E-state index in [1.165, 1.54) is 24.8 Å². The molecule has 1 aromatic rings. The lowest BCUT2D eigenvalue weighted by atomic mass is 9.77. The zero-order valence-corrected chi connectivity index (χ0v) is 12.5. The van der Waals surface area contributed by atoms with Gasteiger partial charge >= 0.3 is 0 Å². The predicted octanol–water partition coefficient (Wildman–Crippen LogP) is 2.15. The maximum Gasteiger partial charge on any atom is 0.0616 e. The molecule has 2 rings (SSSR count). The van der Waals surface area contributed by atoms with E-state index in [1.54, 1.807) is 0 Å². The van der Waals surface area contributed by atoms with Crippen LogP contribution in [-0.4, -0.2) is 35.6 Å². The van der Waals surface area contributed by atoms with Crippen molar-refractivity contribution >= 4 is 0 Å². The minimum atomic E-state index is 0.297. The normalized spacial score (nSPS) is 27.0. The number of rotatable bonds is 7. The van der Waals surface area contributed by atoms with Gasteiger partial charge in [-0.3, -0.25) is 4.68 Å². The van der Waals surface area contributed by atoms with Crippen LogP contribution in [0.2, 0.25) is 0 Å². The summed E-state index contributed by atoms with van der Waals surface area (Å²) >= 11 is 0. The molecule has 0 radical (unpaired) electrons. The lowest BCUT2D eigenvalue weighted by molar-refractivity contribution is 0.0587. The standard InChI is InChI=1S/C15H27N3O/c1-4-8-16-12-15(7-9-19-13(15)2)6-5-14-10-17-18(3)11-14/h10-11,13,16H,4-9,12H2,1-3H3. The second kappa shape index (κ2) is 6.53. The average molecular weight is 265 g/mol. The van der Waals surface area contributed by atoms with E-state index < -0.39 is 0 Å². The number of aromatic nitrogens is 2. The topological polar surface area (TPSA) is 39.1 Å². The number of nitrogens with zero attached hydrogens (tertiary/aromatic N) is 2. The van der Waals surface area contributed by atoms with Crippen molar-refractivity contribution in [2.75, 3.05) is 19.7 Å². The molecule has 1 saturated heterocycles. The molecule has 0 saturated carbocycles. The minimum absolute atomic E-state index is 0.297. The van der Waals surface area contributed by atoms with Gasteiger partial charge in [0.15, 0.2) is 0 Å². The molecule has 0 amide bonds. The molecule has 1 N–H and O–H groups in total. The third-order valence-electron chi connectivity index (χ3n) is 4.40. The van der Waals surface area contributed by atoms with Crippen LogP contribution in [0, 0.1) is 5.41 Å². The molecule has 2 unspecified atom stereocenters. The number of nitrogens with one attached hydrogen (secondary N) is 1. The smallest absolute Gasteiger partial charge is 0.0616 e. The molecule has 1 aliphatic heterocycles. The second-order valence-electron chi connectivity index (χ2n) is 5.82. The summed E-state index contributed by atoms with van der Waals surface area (Å²) in [4.78, 5) is 0. The molecular weight excluding hydrogens is 238 g/mol. The Bertz CT molecular complexity index is 390. The van der Waals surface area contributed by atoms with Crippen LogP contribution < -0.4 is 5.32 Å². The monoisotopic (exact) mass is 265 g/mol. The molecule has 1 aliphatic rings. The van der Waals surface area contributed by atoms with Crippen molar-refractivity contribution in [1.29, 1.82) is 0 Å². The maximum atomic E-state index is 5.83. The lowest BCUT2D eigenvalue weighted by Gasteiger charge is -2.32. The van der Waals surface area contributed by atoms with Gasteiger partial charge in [0, 0.05) is 31.8 Å². The molecular formula is C15H27N3O. The first-order valence-corrected chi connectivity index (χ1v) is 7.46. The van der Waals surface area contributed by atoms with Crippen molar-refractivity contribution < 1.29 is 4.74 Å². The van der Waals surface area contributed by atoms with Gasteiger partial charge in [-0.05, 0) is 44.7 Å². The fraction of sp³-hybridized carbons (Fsp3) is 0.800. The summed E-state index contributed by atoms with van der Waals surface area (Å²) in [5, 5.41) is 7.84. The molecule has 19 heavy (non-hydrogen) atoms. The summed E-state index contributed by atoms with van der Waals surface area (Å²) in [6.07, 6.45) is 9.08. The van der Waals surface area contributed by atoms with E-state index in [2.05, 4.69) is 30.5 Å². The minimum Gasteiger partial charge on any atom is -0.378 e. The van der Waals surface area contributed by atoms with Gasteiger partial charge in [-0.2, -0.15) is 5.10 Å². The van der Waals surface area contributed by atoms with Gasteiger partial charge < -0.3 is 10.1 Å². The van der Waals surface area contributed by atoms with Gasteiger partial charge in [-0.1, -0.05) is 6.92 Å². The average Bonchev–Trinajstić information content (AvgIpc) is 2.95. The first kappa shape index (κ1) is 14.5. The Balaban J connectivity index is 1.93. The van der Waals surface area contributed by atoms with E-state index in [0.29, 0.717) is 11.5 Å². The van der Waals surface area contributed by atoms with Gasteiger partial charge in [-0.25, -0.2) is 0 Å². The molecule has 2 atom stereocenters. The van der Waals surface area contributed by atoms with Crippen LogP contribution in [0.5, 0.6) is 0 Å². The molecule has 1 fully saturated rings. The largest absolute Gasteiger partial charge is 0.378 e. The molecule has 108 valence electrons. The van der Waals surface area contributed by atoms with Crippen molar-refractivity contribution in [2.24, 2.45) is 12.5 Å². The molecule has 0 bridgehead atoms. The van der Waals surface area contributed by atoms with Crippen molar-refractivity contribution in [3.05, 3.63) is 18.0 Å². The van der Waals surface area contributed by atoms with Crippen LogP contribution >= 0.6 is 0 Å². The van der Waals surface area contributed by atoms with E-state index >= 15 is 0 Å². The molecule has 4 heteroatoms. The summed E-state index contributed by atoms with van der Waals surface area (Å²) in [5.74, 6) is 0. The third kappa shape index (κ3) is 3.57. The summed E-state index contributed by atoms with van der Waals surface area (Å²) in [6, 6.07) is 0. The molecule has 0 spiro atoms. The van der Waals surface area contributed by atoms with Crippen molar-refractivity contribution in [2.45, 2.75) is 45.6 Å². The first-order chi connectivity index (χ1) is 9.16. The third-order valence-corrected chi connectivity index (χ3v) is 4.40. The van der Waals surface area contributed by atoms with Crippen LogP contribution in [0.1, 0.15) is 38.7 Å². The SMILES string of the molecule is CCCNCC1(CCc2cnn(C)c2)CCOC1C. The van der Waals surface area contributed by atoms with Gasteiger partial charge in [-0.15, -0.1) is 0 Å². The van der Waals surface area contributed by atoms with Crippen LogP contribution in [0.4, 0.5) is 0 Å². The summed E-state index contributed by atoms with van der Waals surface area (Å²) in [5.41, 5.74) is 1.63.